The van der Waals surface area contributed by atoms with Gasteiger partial charge in [0.2, 0.25) is 5.78 Å². The first-order chi connectivity index (χ1) is 15.1. The molecule has 1 aliphatic rings. The fourth-order valence-electron chi connectivity index (χ4n) is 3.43. The number of hydrogen-bond donors (Lipinski definition) is 0. The van der Waals surface area contributed by atoms with E-state index in [0.29, 0.717) is 30.2 Å². The van der Waals surface area contributed by atoms with Crippen LogP contribution >= 0.6 is 0 Å². The van der Waals surface area contributed by atoms with Crippen LogP contribution in [0, 0.1) is 0 Å². The van der Waals surface area contributed by atoms with Crippen molar-refractivity contribution in [1.82, 2.24) is 4.90 Å². The lowest BCUT2D eigenvalue weighted by Gasteiger charge is -2.17. The van der Waals surface area contributed by atoms with Gasteiger partial charge in [0.1, 0.15) is 11.5 Å². The largest absolute Gasteiger partial charge is 0.452 e. The molecule has 31 heavy (non-hydrogen) atoms. The zero-order valence-corrected chi connectivity index (χ0v) is 17.5. The third kappa shape index (κ3) is 4.36. The maximum atomic E-state index is 12.7. The molecule has 0 aliphatic carbocycles. The smallest absolute Gasteiger partial charge is 0.415 e. The van der Waals surface area contributed by atoms with Crippen molar-refractivity contribution in [2.45, 2.75) is 13.8 Å². The van der Waals surface area contributed by atoms with Gasteiger partial charge < -0.3 is 14.4 Å². The van der Waals surface area contributed by atoms with Crippen LogP contribution in [0.3, 0.4) is 0 Å². The maximum Gasteiger partial charge on any atom is 0.415 e. The highest BCUT2D eigenvalue weighted by atomic mass is 16.6. The van der Waals surface area contributed by atoms with Crippen LogP contribution in [0.15, 0.2) is 78.6 Å². The number of ether oxygens (including phenoxy) is 2. The highest BCUT2D eigenvalue weighted by Gasteiger charge is 2.28. The Morgan fingerprint density at radius 3 is 2.29 bits per heavy atom. The Bertz CT molecular complexity index is 1130. The molecule has 5 nitrogen and oxygen atoms in total. The van der Waals surface area contributed by atoms with E-state index < -0.39 is 6.09 Å². The Kier molecular flexibility index (Phi) is 5.85. The van der Waals surface area contributed by atoms with Crippen LogP contribution in [0.25, 0.3) is 17.2 Å². The van der Waals surface area contributed by atoms with Crippen LogP contribution in [0.5, 0.6) is 11.5 Å². The summed E-state index contributed by atoms with van der Waals surface area (Å²) in [6.45, 7) is 4.90. The fourth-order valence-corrected chi connectivity index (χ4v) is 3.43. The molecule has 1 heterocycles. The number of amides is 1. The van der Waals surface area contributed by atoms with Gasteiger partial charge in [-0.1, -0.05) is 54.6 Å². The Labute approximate surface area is 181 Å². The molecule has 0 radical (unpaired) electrons. The van der Waals surface area contributed by atoms with Crippen molar-refractivity contribution in [2.75, 3.05) is 13.1 Å². The van der Waals surface area contributed by atoms with E-state index in [1.165, 1.54) is 0 Å². The number of carbonyl (C=O) groups is 2. The van der Waals surface area contributed by atoms with Gasteiger partial charge in [-0.05, 0) is 48.7 Å². The summed E-state index contributed by atoms with van der Waals surface area (Å²) in [5, 5.41) is 0. The number of carbonyl (C=O) groups excluding carboxylic acids is 2. The molecule has 0 unspecified atom stereocenters. The standard InChI is InChI=1S/C26H23NO4/c1-3-27(4-2)26(29)30-21-14-15-22-23(17-21)31-24(25(22)28)16-18-10-12-20(13-11-18)19-8-6-5-7-9-19/h5-17H,3-4H2,1-2H3/b24-16+. The predicted molar refractivity (Wildman–Crippen MR) is 120 cm³/mol. The molecule has 0 fully saturated rings. The summed E-state index contributed by atoms with van der Waals surface area (Å²) in [5.41, 5.74) is 3.55. The van der Waals surface area contributed by atoms with Gasteiger partial charge in [-0.2, -0.15) is 0 Å². The van der Waals surface area contributed by atoms with E-state index in [4.69, 9.17) is 9.47 Å². The van der Waals surface area contributed by atoms with Crippen molar-refractivity contribution in [3.05, 3.63) is 89.7 Å². The Morgan fingerprint density at radius 1 is 0.935 bits per heavy atom. The number of hydrogen-bond acceptors (Lipinski definition) is 4. The molecular formula is C26H23NO4. The van der Waals surface area contributed by atoms with Crippen LogP contribution in [-0.4, -0.2) is 29.9 Å². The van der Waals surface area contributed by atoms with Crippen molar-refractivity contribution >= 4 is 18.0 Å². The van der Waals surface area contributed by atoms with Gasteiger partial charge in [-0.3, -0.25) is 4.79 Å². The molecule has 4 rings (SSSR count). The molecule has 1 amide bonds. The average molecular weight is 413 g/mol. The van der Waals surface area contributed by atoms with Crippen molar-refractivity contribution in [3.8, 4) is 22.6 Å². The van der Waals surface area contributed by atoms with Gasteiger partial charge in [0.05, 0.1) is 5.56 Å². The van der Waals surface area contributed by atoms with Crippen molar-refractivity contribution < 1.29 is 19.1 Å². The molecule has 0 saturated carbocycles. The van der Waals surface area contributed by atoms with Crippen LogP contribution in [-0.2, 0) is 0 Å². The lowest BCUT2D eigenvalue weighted by molar-refractivity contribution is 0.101. The molecule has 1 aliphatic heterocycles. The summed E-state index contributed by atoms with van der Waals surface area (Å²) in [4.78, 5) is 26.4. The highest BCUT2D eigenvalue weighted by molar-refractivity contribution is 6.14. The van der Waals surface area contributed by atoms with E-state index in [-0.39, 0.29) is 11.5 Å². The third-order valence-corrected chi connectivity index (χ3v) is 5.18. The van der Waals surface area contributed by atoms with E-state index >= 15 is 0 Å². The van der Waals surface area contributed by atoms with Crippen LogP contribution in [0.1, 0.15) is 29.8 Å². The van der Waals surface area contributed by atoms with Crippen LogP contribution in [0.2, 0.25) is 0 Å². The zero-order chi connectivity index (χ0) is 21.8. The lowest BCUT2D eigenvalue weighted by atomic mass is 10.0. The minimum atomic E-state index is -0.427. The molecule has 5 heteroatoms. The maximum absolute atomic E-state index is 12.7. The molecular weight excluding hydrogens is 390 g/mol. The monoisotopic (exact) mass is 413 g/mol. The average Bonchev–Trinajstić information content (AvgIpc) is 3.10. The molecule has 0 bridgehead atoms. The number of benzene rings is 3. The third-order valence-electron chi connectivity index (χ3n) is 5.18. The minimum absolute atomic E-state index is 0.191. The summed E-state index contributed by atoms with van der Waals surface area (Å²) in [5.74, 6) is 0.789. The molecule has 0 N–H and O–H groups in total. The molecule has 156 valence electrons. The first-order valence-electron chi connectivity index (χ1n) is 10.3. The fraction of sp³-hybridized carbons (Fsp3) is 0.154. The van der Waals surface area contributed by atoms with E-state index in [1.807, 2.05) is 56.3 Å². The molecule has 0 aromatic heterocycles. The highest BCUT2D eigenvalue weighted by Crippen LogP contribution is 2.35. The number of fused-ring (bicyclic) bond motifs is 1. The summed E-state index contributed by atoms with van der Waals surface area (Å²) in [6, 6.07) is 22.8. The Hall–Kier alpha value is -3.86. The summed E-state index contributed by atoms with van der Waals surface area (Å²) in [6.07, 6.45) is 1.29. The summed E-state index contributed by atoms with van der Waals surface area (Å²) >= 11 is 0. The first-order valence-corrected chi connectivity index (χ1v) is 10.3. The summed E-state index contributed by atoms with van der Waals surface area (Å²) in [7, 11) is 0. The van der Waals surface area contributed by atoms with Gasteiger partial charge in [0, 0.05) is 19.2 Å². The van der Waals surface area contributed by atoms with Crippen molar-refractivity contribution in [1.29, 1.82) is 0 Å². The number of nitrogens with zero attached hydrogens (tertiary/aromatic N) is 1. The Balaban J connectivity index is 1.51. The number of ketones is 1. The van der Waals surface area contributed by atoms with E-state index in [9.17, 15) is 9.59 Å². The molecule has 0 spiro atoms. The van der Waals surface area contributed by atoms with E-state index in [0.717, 1.165) is 16.7 Å². The second kappa shape index (κ2) is 8.88. The van der Waals surface area contributed by atoms with Gasteiger partial charge in [0.25, 0.3) is 0 Å². The Morgan fingerprint density at radius 2 is 1.61 bits per heavy atom. The number of rotatable bonds is 5. The lowest BCUT2D eigenvalue weighted by Crippen LogP contribution is -2.33. The number of Topliss-reactive ketones (excluding diaryl/α,β-unsaturated/α-hetero) is 1. The molecule has 3 aromatic carbocycles. The van der Waals surface area contributed by atoms with E-state index in [1.54, 1.807) is 29.2 Å². The van der Waals surface area contributed by atoms with Crippen molar-refractivity contribution in [2.24, 2.45) is 0 Å². The minimum Gasteiger partial charge on any atom is -0.452 e. The zero-order valence-electron chi connectivity index (χ0n) is 17.5. The summed E-state index contributed by atoms with van der Waals surface area (Å²) < 4.78 is 11.2. The normalized spacial score (nSPS) is 13.6. The van der Waals surface area contributed by atoms with Gasteiger partial charge in [-0.15, -0.1) is 0 Å². The van der Waals surface area contributed by atoms with Gasteiger partial charge in [-0.25, -0.2) is 4.79 Å². The van der Waals surface area contributed by atoms with Crippen LogP contribution < -0.4 is 9.47 Å². The second-order valence-corrected chi connectivity index (χ2v) is 7.13. The van der Waals surface area contributed by atoms with Crippen LogP contribution in [0.4, 0.5) is 4.79 Å². The topological polar surface area (TPSA) is 55.8 Å². The van der Waals surface area contributed by atoms with E-state index in [2.05, 4.69) is 12.1 Å². The van der Waals surface area contributed by atoms with Gasteiger partial charge >= 0.3 is 6.09 Å². The first kappa shape index (κ1) is 20.4. The molecule has 0 atom stereocenters. The van der Waals surface area contributed by atoms with Gasteiger partial charge in [0.15, 0.2) is 5.76 Å². The predicted octanol–water partition coefficient (Wildman–Crippen LogP) is 5.81. The SMILES string of the molecule is CCN(CC)C(=O)Oc1ccc2c(c1)O/C(=C/c1ccc(-c3ccccc3)cc1)C2=O. The molecule has 0 saturated heterocycles. The second-order valence-electron chi connectivity index (χ2n) is 7.13. The quantitative estimate of drug-likeness (QED) is 0.495. The molecule has 3 aromatic rings. The van der Waals surface area contributed by atoms with Crippen molar-refractivity contribution in [3.63, 3.8) is 0 Å². The number of allylic oxidation sites excluding steroid dienone is 1.